The molecule has 3 N–H and O–H groups in total. The molecule has 0 fully saturated rings. The first-order valence-corrected chi connectivity index (χ1v) is 5.27. The predicted octanol–water partition coefficient (Wildman–Crippen LogP) is 1.82. The Morgan fingerprint density at radius 3 is 2.89 bits per heavy atom. The van der Waals surface area contributed by atoms with Gasteiger partial charge in [0, 0.05) is 0 Å². The fraction of sp³-hybridized carbons (Fsp3) is 0.0833. The Kier molecular flexibility index (Phi) is 3.43. The number of hydrogen-bond acceptors (Lipinski definition) is 6. The molecule has 0 saturated heterocycles. The first kappa shape index (κ1) is 12.6. The molecule has 0 unspecified atom stereocenters. The van der Waals surface area contributed by atoms with Crippen molar-refractivity contribution >= 4 is 17.3 Å². The molecule has 7 heteroatoms. The first-order valence-electron chi connectivity index (χ1n) is 5.27. The van der Waals surface area contributed by atoms with Crippen LogP contribution in [-0.2, 0) is 0 Å². The van der Waals surface area contributed by atoms with E-state index in [1.807, 2.05) is 6.07 Å². The Balaban J connectivity index is 2.42. The lowest BCUT2D eigenvalue weighted by Gasteiger charge is -2.11. The van der Waals surface area contributed by atoms with Crippen LogP contribution in [0.4, 0.5) is 21.7 Å². The van der Waals surface area contributed by atoms with E-state index in [9.17, 15) is 4.39 Å². The van der Waals surface area contributed by atoms with Gasteiger partial charge in [0.25, 0.3) is 0 Å². The highest BCUT2D eigenvalue weighted by Gasteiger charge is 2.12. The number of nitrogens with two attached hydrogens (primary N) is 1. The number of aromatic nitrogens is 2. The standard InChI is InChI=1S/C12H10FN5O/c1-19-10-11(15)16-6-17-12(10)18-9-3-2-8(13)4-7(9)5-14/h2-4,6H,1H3,(H3,15,16,17,18). The van der Waals surface area contributed by atoms with Crippen LogP contribution in [0.3, 0.4) is 0 Å². The van der Waals surface area contributed by atoms with E-state index in [1.165, 1.54) is 25.6 Å². The lowest BCUT2D eigenvalue weighted by atomic mass is 10.2. The van der Waals surface area contributed by atoms with Crippen LogP contribution in [0.1, 0.15) is 5.56 Å². The Bertz CT molecular complexity index is 653. The molecule has 19 heavy (non-hydrogen) atoms. The summed E-state index contributed by atoms with van der Waals surface area (Å²) in [5.41, 5.74) is 6.19. The minimum absolute atomic E-state index is 0.152. The van der Waals surface area contributed by atoms with Crippen molar-refractivity contribution in [1.82, 2.24) is 9.97 Å². The highest BCUT2D eigenvalue weighted by molar-refractivity contribution is 5.71. The summed E-state index contributed by atoms with van der Waals surface area (Å²) in [6.45, 7) is 0. The van der Waals surface area contributed by atoms with Gasteiger partial charge in [-0.1, -0.05) is 0 Å². The fourth-order valence-electron chi connectivity index (χ4n) is 1.52. The van der Waals surface area contributed by atoms with E-state index in [4.69, 9.17) is 15.7 Å². The Labute approximate surface area is 108 Å². The molecule has 2 rings (SSSR count). The molecule has 1 aromatic heterocycles. The SMILES string of the molecule is COc1c(N)ncnc1Nc1ccc(F)cc1C#N. The fourth-order valence-corrected chi connectivity index (χ4v) is 1.52. The number of ether oxygens (including phenoxy) is 1. The second kappa shape index (κ2) is 5.18. The minimum atomic E-state index is -0.490. The smallest absolute Gasteiger partial charge is 0.204 e. The molecule has 0 aliphatic carbocycles. The summed E-state index contributed by atoms with van der Waals surface area (Å²) in [7, 11) is 1.43. The molecule has 1 aromatic carbocycles. The van der Waals surface area contributed by atoms with E-state index in [0.717, 1.165) is 6.07 Å². The largest absolute Gasteiger partial charge is 0.490 e. The molecule has 0 aliphatic heterocycles. The van der Waals surface area contributed by atoms with Gasteiger partial charge in [-0.15, -0.1) is 0 Å². The van der Waals surface area contributed by atoms with Crippen molar-refractivity contribution in [3.63, 3.8) is 0 Å². The molecule has 0 aliphatic rings. The molecular weight excluding hydrogens is 249 g/mol. The van der Waals surface area contributed by atoms with Gasteiger partial charge in [-0.05, 0) is 18.2 Å². The highest BCUT2D eigenvalue weighted by atomic mass is 19.1. The number of nitriles is 1. The van der Waals surface area contributed by atoms with Gasteiger partial charge in [0.15, 0.2) is 11.6 Å². The Hall–Kier alpha value is -2.88. The van der Waals surface area contributed by atoms with E-state index < -0.39 is 5.82 Å². The average molecular weight is 259 g/mol. The zero-order valence-corrected chi connectivity index (χ0v) is 10.0. The van der Waals surface area contributed by atoms with Crippen LogP contribution in [0.25, 0.3) is 0 Å². The number of rotatable bonds is 3. The van der Waals surface area contributed by atoms with Gasteiger partial charge in [0.2, 0.25) is 5.75 Å². The van der Waals surface area contributed by atoms with Crippen molar-refractivity contribution in [3.05, 3.63) is 35.9 Å². The summed E-state index contributed by atoms with van der Waals surface area (Å²) < 4.78 is 18.1. The summed E-state index contributed by atoms with van der Waals surface area (Å²) in [5, 5.41) is 11.8. The maximum atomic E-state index is 13.0. The topological polar surface area (TPSA) is 96.8 Å². The number of nitrogens with zero attached hydrogens (tertiary/aromatic N) is 3. The minimum Gasteiger partial charge on any atom is -0.490 e. The number of halogens is 1. The van der Waals surface area contributed by atoms with Crippen molar-refractivity contribution in [2.75, 3.05) is 18.2 Å². The maximum Gasteiger partial charge on any atom is 0.204 e. The number of nitrogens with one attached hydrogen (secondary N) is 1. The average Bonchev–Trinajstić information content (AvgIpc) is 2.41. The van der Waals surface area contributed by atoms with Crippen LogP contribution < -0.4 is 15.8 Å². The maximum absolute atomic E-state index is 13.0. The number of hydrogen-bond donors (Lipinski definition) is 2. The van der Waals surface area contributed by atoms with Crippen molar-refractivity contribution in [2.24, 2.45) is 0 Å². The molecule has 0 radical (unpaired) electrons. The molecular formula is C12H10FN5O. The Morgan fingerprint density at radius 2 is 2.21 bits per heavy atom. The van der Waals surface area contributed by atoms with Crippen molar-refractivity contribution in [2.45, 2.75) is 0 Å². The first-order chi connectivity index (χ1) is 9.15. The van der Waals surface area contributed by atoms with Gasteiger partial charge in [0.05, 0.1) is 18.4 Å². The summed E-state index contributed by atoms with van der Waals surface area (Å²) in [6, 6.07) is 5.69. The van der Waals surface area contributed by atoms with Gasteiger partial charge in [-0.2, -0.15) is 5.26 Å². The third-order valence-electron chi connectivity index (χ3n) is 2.39. The molecule has 96 valence electrons. The van der Waals surface area contributed by atoms with Gasteiger partial charge >= 0.3 is 0 Å². The lowest BCUT2D eigenvalue weighted by molar-refractivity contribution is 0.415. The van der Waals surface area contributed by atoms with Crippen LogP contribution in [0, 0.1) is 17.1 Å². The molecule has 1 heterocycles. The van der Waals surface area contributed by atoms with Crippen molar-refractivity contribution in [3.8, 4) is 11.8 Å². The molecule has 0 amide bonds. The monoisotopic (exact) mass is 259 g/mol. The molecule has 2 aromatic rings. The third-order valence-corrected chi connectivity index (χ3v) is 2.39. The van der Waals surface area contributed by atoms with Crippen molar-refractivity contribution < 1.29 is 9.13 Å². The molecule has 6 nitrogen and oxygen atoms in total. The zero-order chi connectivity index (χ0) is 13.8. The summed E-state index contributed by atoms with van der Waals surface area (Å²) in [4.78, 5) is 7.76. The van der Waals surface area contributed by atoms with Gasteiger partial charge < -0.3 is 15.8 Å². The van der Waals surface area contributed by atoms with E-state index in [0.29, 0.717) is 11.5 Å². The van der Waals surface area contributed by atoms with Crippen molar-refractivity contribution in [1.29, 1.82) is 5.26 Å². The molecule has 0 bridgehead atoms. The van der Waals surface area contributed by atoms with Crippen LogP contribution in [0.5, 0.6) is 5.75 Å². The third kappa shape index (κ3) is 2.52. The number of methoxy groups -OCH3 is 1. The van der Waals surface area contributed by atoms with Crippen LogP contribution >= 0.6 is 0 Å². The van der Waals surface area contributed by atoms with Crippen LogP contribution in [0.15, 0.2) is 24.5 Å². The second-order valence-corrected chi connectivity index (χ2v) is 3.57. The number of anilines is 3. The van der Waals surface area contributed by atoms with E-state index >= 15 is 0 Å². The summed E-state index contributed by atoms with van der Waals surface area (Å²) in [6.07, 6.45) is 1.26. The molecule has 0 saturated carbocycles. The summed E-state index contributed by atoms with van der Waals surface area (Å²) >= 11 is 0. The lowest BCUT2D eigenvalue weighted by Crippen LogP contribution is -2.03. The summed E-state index contributed by atoms with van der Waals surface area (Å²) in [5.74, 6) is 0.241. The second-order valence-electron chi connectivity index (χ2n) is 3.57. The number of nitrogen functional groups attached to an aromatic ring is 1. The predicted molar refractivity (Wildman–Crippen MR) is 67.4 cm³/mol. The van der Waals surface area contributed by atoms with E-state index in [1.54, 1.807) is 0 Å². The van der Waals surface area contributed by atoms with Crippen LogP contribution in [-0.4, -0.2) is 17.1 Å². The number of benzene rings is 1. The van der Waals surface area contributed by atoms with Gasteiger partial charge in [-0.25, -0.2) is 14.4 Å². The Morgan fingerprint density at radius 1 is 1.42 bits per heavy atom. The van der Waals surface area contributed by atoms with E-state index in [2.05, 4.69) is 15.3 Å². The molecule has 0 spiro atoms. The highest BCUT2D eigenvalue weighted by Crippen LogP contribution is 2.30. The van der Waals surface area contributed by atoms with Crippen LogP contribution in [0.2, 0.25) is 0 Å². The normalized spacial score (nSPS) is 9.74. The quantitative estimate of drug-likeness (QED) is 0.872. The van der Waals surface area contributed by atoms with E-state index in [-0.39, 0.29) is 17.1 Å². The zero-order valence-electron chi connectivity index (χ0n) is 10.0. The van der Waals surface area contributed by atoms with Gasteiger partial charge in [-0.3, -0.25) is 0 Å². The molecule has 0 atom stereocenters. The van der Waals surface area contributed by atoms with Gasteiger partial charge in [0.1, 0.15) is 18.2 Å².